The van der Waals surface area contributed by atoms with Crippen molar-refractivity contribution in [2.75, 3.05) is 38.7 Å². The molecule has 1 heterocycles. The lowest BCUT2D eigenvalue weighted by molar-refractivity contribution is -0.135. The molecule has 1 amide bonds. The molecule has 0 spiro atoms. The third kappa shape index (κ3) is 3.26. The molecular weight excluding hydrogens is 204 g/mol. The summed E-state index contributed by atoms with van der Waals surface area (Å²) in [6, 6.07) is 0. The largest absolute Gasteiger partial charge is 0.344 e. The van der Waals surface area contributed by atoms with Gasteiger partial charge in [-0.15, -0.1) is 0 Å². The van der Waals surface area contributed by atoms with E-state index >= 15 is 0 Å². The van der Waals surface area contributed by atoms with Crippen LogP contribution in [0.3, 0.4) is 0 Å². The Morgan fingerprint density at radius 2 is 2.07 bits per heavy atom. The molecule has 1 aliphatic heterocycles. The van der Waals surface area contributed by atoms with E-state index in [1.165, 1.54) is 11.2 Å². The molecule has 0 aliphatic carbocycles. The third-order valence-corrected chi connectivity index (χ3v) is 3.23. The van der Waals surface area contributed by atoms with Crippen LogP contribution in [0.5, 0.6) is 0 Å². The number of sulfone groups is 1. The van der Waals surface area contributed by atoms with E-state index in [0.29, 0.717) is 13.1 Å². The van der Waals surface area contributed by atoms with Gasteiger partial charge < -0.3 is 10.2 Å². The molecule has 0 radical (unpaired) electrons. The molecule has 0 aromatic heterocycles. The van der Waals surface area contributed by atoms with Crippen LogP contribution in [-0.4, -0.2) is 57.9 Å². The lowest BCUT2D eigenvalue weighted by atomic mass is 10.0. The second kappa shape index (κ2) is 4.27. The molecule has 1 fully saturated rings. The first-order chi connectivity index (χ1) is 6.40. The fourth-order valence-corrected chi connectivity index (χ4v) is 1.79. The average molecular weight is 220 g/mol. The van der Waals surface area contributed by atoms with Gasteiger partial charge in [-0.1, -0.05) is 0 Å². The summed E-state index contributed by atoms with van der Waals surface area (Å²) in [5.41, 5.74) is 0. The minimum Gasteiger partial charge on any atom is -0.344 e. The van der Waals surface area contributed by atoms with Crippen LogP contribution in [-0.2, 0) is 14.6 Å². The van der Waals surface area contributed by atoms with Gasteiger partial charge in [-0.2, -0.15) is 0 Å². The minimum atomic E-state index is -2.98. The molecule has 0 unspecified atom stereocenters. The average Bonchev–Trinajstić information content (AvgIpc) is 1.95. The monoisotopic (exact) mass is 220 g/mol. The van der Waals surface area contributed by atoms with Crippen LogP contribution in [0.15, 0.2) is 0 Å². The van der Waals surface area contributed by atoms with Gasteiger partial charge in [0.1, 0.15) is 9.84 Å². The number of hydrogen-bond acceptors (Lipinski definition) is 4. The Morgan fingerprint density at radius 3 is 2.43 bits per heavy atom. The molecule has 6 heteroatoms. The summed E-state index contributed by atoms with van der Waals surface area (Å²) >= 11 is 0. The maximum Gasteiger partial charge on any atom is 0.228 e. The molecule has 0 aromatic carbocycles. The second-order valence-electron chi connectivity index (χ2n) is 3.74. The topological polar surface area (TPSA) is 66.5 Å². The van der Waals surface area contributed by atoms with Gasteiger partial charge in [-0.25, -0.2) is 8.42 Å². The molecule has 82 valence electrons. The van der Waals surface area contributed by atoms with Crippen LogP contribution in [0.2, 0.25) is 0 Å². The predicted molar refractivity (Wildman–Crippen MR) is 53.7 cm³/mol. The van der Waals surface area contributed by atoms with E-state index in [1.54, 1.807) is 7.05 Å². The van der Waals surface area contributed by atoms with Gasteiger partial charge in [0.05, 0.1) is 11.7 Å². The van der Waals surface area contributed by atoms with Crippen molar-refractivity contribution in [1.29, 1.82) is 0 Å². The molecule has 0 saturated carbocycles. The smallest absolute Gasteiger partial charge is 0.228 e. The van der Waals surface area contributed by atoms with Crippen molar-refractivity contribution >= 4 is 15.7 Å². The van der Waals surface area contributed by atoms with Crippen LogP contribution in [0, 0.1) is 5.92 Å². The number of carbonyl (C=O) groups excluding carboxylic acids is 1. The first-order valence-electron chi connectivity index (χ1n) is 4.53. The van der Waals surface area contributed by atoms with Crippen molar-refractivity contribution in [2.45, 2.75) is 0 Å². The number of rotatable bonds is 4. The fraction of sp³-hybridized carbons (Fsp3) is 0.875. The lowest BCUT2D eigenvalue weighted by Gasteiger charge is -2.30. The zero-order valence-electron chi connectivity index (χ0n) is 8.49. The van der Waals surface area contributed by atoms with E-state index in [4.69, 9.17) is 0 Å². The van der Waals surface area contributed by atoms with Crippen molar-refractivity contribution in [1.82, 2.24) is 10.2 Å². The lowest BCUT2D eigenvalue weighted by Crippen LogP contribution is -2.51. The summed E-state index contributed by atoms with van der Waals surface area (Å²) in [5.74, 6) is 0.113. The summed E-state index contributed by atoms with van der Waals surface area (Å²) in [6.45, 7) is 1.71. The quantitative estimate of drug-likeness (QED) is 0.640. The number of amides is 1. The highest BCUT2D eigenvalue weighted by molar-refractivity contribution is 7.90. The zero-order valence-corrected chi connectivity index (χ0v) is 9.30. The Kier molecular flexibility index (Phi) is 3.49. The Morgan fingerprint density at radius 1 is 1.50 bits per heavy atom. The fourth-order valence-electron chi connectivity index (χ4n) is 1.19. The Balaban J connectivity index is 2.34. The SMILES string of the molecule is CN(CCS(C)(=O)=O)C(=O)C1CNC1. The summed E-state index contributed by atoms with van der Waals surface area (Å²) < 4.78 is 21.7. The van der Waals surface area contributed by atoms with Crippen LogP contribution in [0.4, 0.5) is 0 Å². The van der Waals surface area contributed by atoms with Crippen LogP contribution < -0.4 is 5.32 Å². The minimum absolute atomic E-state index is 0.0346. The van der Waals surface area contributed by atoms with Gasteiger partial charge in [0, 0.05) is 32.9 Å². The normalized spacial score (nSPS) is 17.6. The van der Waals surface area contributed by atoms with Gasteiger partial charge in [0.25, 0.3) is 0 Å². The first kappa shape index (κ1) is 11.5. The van der Waals surface area contributed by atoms with Gasteiger partial charge in [0.15, 0.2) is 0 Å². The molecule has 1 rings (SSSR count). The highest BCUT2D eigenvalue weighted by Crippen LogP contribution is 2.06. The van der Waals surface area contributed by atoms with Crippen molar-refractivity contribution in [3.05, 3.63) is 0 Å². The van der Waals surface area contributed by atoms with E-state index in [1.807, 2.05) is 0 Å². The molecule has 1 saturated heterocycles. The standard InChI is InChI=1S/C8H16N2O3S/c1-10(3-4-14(2,12)13)8(11)7-5-9-6-7/h7,9H,3-6H2,1-2H3. The van der Waals surface area contributed by atoms with E-state index in [-0.39, 0.29) is 24.1 Å². The highest BCUT2D eigenvalue weighted by Gasteiger charge is 2.27. The maximum atomic E-state index is 11.5. The van der Waals surface area contributed by atoms with Crippen LogP contribution >= 0.6 is 0 Å². The highest BCUT2D eigenvalue weighted by atomic mass is 32.2. The number of carbonyl (C=O) groups is 1. The van der Waals surface area contributed by atoms with Crippen molar-refractivity contribution in [2.24, 2.45) is 5.92 Å². The van der Waals surface area contributed by atoms with E-state index < -0.39 is 9.84 Å². The van der Waals surface area contributed by atoms with Gasteiger partial charge in [0.2, 0.25) is 5.91 Å². The Bertz CT molecular complexity index is 309. The maximum absolute atomic E-state index is 11.5. The first-order valence-corrected chi connectivity index (χ1v) is 6.59. The van der Waals surface area contributed by atoms with Gasteiger partial charge in [-0.05, 0) is 0 Å². The zero-order chi connectivity index (χ0) is 10.8. The summed E-state index contributed by atoms with van der Waals surface area (Å²) in [4.78, 5) is 13.0. The predicted octanol–water partition coefficient (Wildman–Crippen LogP) is -1.29. The molecule has 1 aliphatic rings. The van der Waals surface area contributed by atoms with Crippen LogP contribution in [0.25, 0.3) is 0 Å². The van der Waals surface area contributed by atoms with Gasteiger partial charge >= 0.3 is 0 Å². The Hall–Kier alpha value is -0.620. The molecule has 0 atom stereocenters. The molecule has 14 heavy (non-hydrogen) atoms. The van der Waals surface area contributed by atoms with Crippen LogP contribution in [0.1, 0.15) is 0 Å². The summed E-state index contributed by atoms with van der Waals surface area (Å²) in [5, 5.41) is 3.00. The van der Waals surface area contributed by atoms with E-state index in [2.05, 4.69) is 5.32 Å². The molecule has 5 nitrogen and oxygen atoms in total. The summed E-state index contributed by atoms with van der Waals surface area (Å²) in [7, 11) is -1.33. The molecule has 1 N–H and O–H groups in total. The number of nitrogens with zero attached hydrogens (tertiary/aromatic N) is 1. The Labute approximate surface area is 84.4 Å². The second-order valence-corrected chi connectivity index (χ2v) is 6.00. The van der Waals surface area contributed by atoms with E-state index in [9.17, 15) is 13.2 Å². The van der Waals surface area contributed by atoms with Crippen molar-refractivity contribution in [3.63, 3.8) is 0 Å². The van der Waals surface area contributed by atoms with Gasteiger partial charge in [-0.3, -0.25) is 4.79 Å². The molecule has 0 aromatic rings. The van der Waals surface area contributed by atoms with Crippen molar-refractivity contribution in [3.8, 4) is 0 Å². The number of hydrogen-bond donors (Lipinski definition) is 1. The summed E-state index contributed by atoms with van der Waals surface area (Å²) in [6.07, 6.45) is 1.18. The van der Waals surface area contributed by atoms with E-state index in [0.717, 1.165) is 0 Å². The molecular formula is C8H16N2O3S. The molecule has 0 bridgehead atoms. The number of nitrogens with one attached hydrogen (secondary N) is 1. The van der Waals surface area contributed by atoms with Crippen molar-refractivity contribution < 1.29 is 13.2 Å². The third-order valence-electron chi connectivity index (χ3n) is 2.30.